The predicted molar refractivity (Wildman–Crippen MR) is 84.9 cm³/mol. The zero-order valence-corrected chi connectivity index (χ0v) is 12.8. The molecule has 1 amide bonds. The minimum absolute atomic E-state index is 0.00879. The highest BCUT2D eigenvalue weighted by molar-refractivity contribution is 5.92. The normalized spacial score (nSPS) is 15.6. The van der Waals surface area contributed by atoms with Gasteiger partial charge in [-0.05, 0) is 49.3 Å². The van der Waals surface area contributed by atoms with E-state index in [1.54, 1.807) is 18.3 Å². The first-order valence-corrected chi connectivity index (χ1v) is 7.53. The van der Waals surface area contributed by atoms with Crippen LogP contribution in [0.1, 0.15) is 6.92 Å². The molecular formula is C17H18FN3O2. The summed E-state index contributed by atoms with van der Waals surface area (Å²) in [6, 6.07) is 9.09. The topological polar surface area (TPSA) is 63.2 Å². The van der Waals surface area contributed by atoms with Crippen molar-refractivity contribution in [2.75, 3.05) is 18.4 Å². The van der Waals surface area contributed by atoms with E-state index in [9.17, 15) is 9.18 Å². The fourth-order valence-corrected chi connectivity index (χ4v) is 2.27. The van der Waals surface area contributed by atoms with Crippen LogP contribution in [0.2, 0.25) is 0 Å². The molecule has 1 unspecified atom stereocenters. The number of benzene rings is 1. The summed E-state index contributed by atoms with van der Waals surface area (Å²) < 4.78 is 18.3. The average molecular weight is 315 g/mol. The second-order valence-electron chi connectivity index (χ2n) is 5.64. The van der Waals surface area contributed by atoms with Gasteiger partial charge in [0, 0.05) is 12.0 Å². The van der Waals surface area contributed by atoms with Crippen molar-refractivity contribution in [3.63, 3.8) is 0 Å². The highest BCUT2D eigenvalue weighted by Gasteiger charge is 2.28. The lowest BCUT2D eigenvalue weighted by Gasteiger charge is -2.31. The molecule has 2 heterocycles. The molecule has 1 fully saturated rings. The number of rotatable bonds is 5. The molecule has 2 aromatic rings. The Morgan fingerprint density at radius 3 is 2.61 bits per heavy atom. The third kappa shape index (κ3) is 3.84. The number of aromatic nitrogens is 1. The number of hydrogen-bond donors (Lipinski definition) is 2. The monoisotopic (exact) mass is 315 g/mol. The van der Waals surface area contributed by atoms with Crippen LogP contribution in [-0.4, -0.2) is 24.0 Å². The zero-order chi connectivity index (χ0) is 16.2. The van der Waals surface area contributed by atoms with Crippen molar-refractivity contribution in [1.29, 1.82) is 0 Å². The van der Waals surface area contributed by atoms with Gasteiger partial charge in [-0.3, -0.25) is 4.79 Å². The van der Waals surface area contributed by atoms with Crippen molar-refractivity contribution >= 4 is 11.6 Å². The van der Waals surface area contributed by atoms with Crippen LogP contribution in [0.3, 0.4) is 0 Å². The van der Waals surface area contributed by atoms with Gasteiger partial charge in [-0.1, -0.05) is 6.92 Å². The lowest BCUT2D eigenvalue weighted by atomic mass is 9.88. The van der Waals surface area contributed by atoms with Crippen LogP contribution in [0.5, 0.6) is 11.6 Å². The Morgan fingerprint density at radius 1 is 1.30 bits per heavy atom. The second-order valence-corrected chi connectivity index (χ2v) is 5.64. The lowest BCUT2D eigenvalue weighted by molar-refractivity contribution is -0.121. The summed E-state index contributed by atoms with van der Waals surface area (Å²) in [5, 5.41) is 6.02. The minimum Gasteiger partial charge on any atom is -0.439 e. The molecule has 5 nitrogen and oxygen atoms in total. The van der Waals surface area contributed by atoms with Crippen molar-refractivity contribution < 1.29 is 13.9 Å². The van der Waals surface area contributed by atoms with Crippen LogP contribution < -0.4 is 15.4 Å². The number of amides is 1. The van der Waals surface area contributed by atoms with Crippen LogP contribution in [0, 0.1) is 17.7 Å². The van der Waals surface area contributed by atoms with Crippen LogP contribution >= 0.6 is 0 Å². The second kappa shape index (κ2) is 6.75. The van der Waals surface area contributed by atoms with Gasteiger partial charge in [0.15, 0.2) is 0 Å². The van der Waals surface area contributed by atoms with Crippen LogP contribution in [0.15, 0.2) is 42.6 Å². The number of nitrogens with one attached hydrogen (secondary N) is 2. The van der Waals surface area contributed by atoms with Crippen molar-refractivity contribution in [1.82, 2.24) is 10.3 Å². The molecule has 0 radical (unpaired) electrons. The van der Waals surface area contributed by atoms with E-state index in [4.69, 9.17) is 4.74 Å². The number of pyridine rings is 1. The molecule has 0 aliphatic carbocycles. The number of carbonyl (C=O) groups is 1. The predicted octanol–water partition coefficient (Wildman–Crippen LogP) is 2.81. The Balaban J connectivity index is 1.58. The number of nitrogens with zero attached hydrogens (tertiary/aromatic N) is 1. The molecular weight excluding hydrogens is 297 g/mol. The summed E-state index contributed by atoms with van der Waals surface area (Å²) in [6.45, 7) is 3.70. The van der Waals surface area contributed by atoms with E-state index >= 15 is 0 Å². The molecule has 1 atom stereocenters. The SMILES string of the molecule is CC(C(=O)Nc1ccc(Oc2ccc(F)cc2)nc1)C1CNC1. The minimum atomic E-state index is -0.320. The molecule has 6 heteroatoms. The molecule has 2 N–H and O–H groups in total. The molecule has 0 spiro atoms. The Bertz CT molecular complexity index is 669. The summed E-state index contributed by atoms with van der Waals surface area (Å²) in [6.07, 6.45) is 1.54. The molecule has 0 bridgehead atoms. The summed E-state index contributed by atoms with van der Waals surface area (Å²) in [4.78, 5) is 16.3. The number of ether oxygens (including phenoxy) is 1. The zero-order valence-electron chi connectivity index (χ0n) is 12.8. The molecule has 0 saturated carbocycles. The average Bonchev–Trinajstić information content (AvgIpc) is 2.50. The molecule has 1 aliphatic rings. The number of carbonyl (C=O) groups excluding carboxylic acids is 1. The number of anilines is 1. The third-order valence-electron chi connectivity index (χ3n) is 3.97. The first-order chi connectivity index (χ1) is 11.1. The van der Waals surface area contributed by atoms with E-state index in [0.29, 0.717) is 23.2 Å². The maximum absolute atomic E-state index is 12.8. The van der Waals surface area contributed by atoms with Crippen molar-refractivity contribution in [2.24, 2.45) is 11.8 Å². The lowest BCUT2D eigenvalue weighted by Crippen LogP contribution is -2.48. The molecule has 23 heavy (non-hydrogen) atoms. The molecule has 3 rings (SSSR count). The van der Waals surface area contributed by atoms with Gasteiger partial charge < -0.3 is 15.4 Å². The van der Waals surface area contributed by atoms with Crippen molar-refractivity contribution in [2.45, 2.75) is 6.92 Å². The van der Waals surface area contributed by atoms with Crippen LogP contribution in [0.25, 0.3) is 0 Å². The van der Waals surface area contributed by atoms with Crippen LogP contribution in [-0.2, 0) is 4.79 Å². The van der Waals surface area contributed by atoms with E-state index in [1.165, 1.54) is 24.3 Å². The number of halogens is 1. The van der Waals surface area contributed by atoms with E-state index in [1.807, 2.05) is 6.92 Å². The molecule has 1 aromatic carbocycles. The van der Waals surface area contributed by atoms with E-state index in [2.05, 4.69) is 15.6 Å². The largest absolute Gasteiger partial charge is 0.439 e. The third-order valence-corrected chi connectivity index (χ3v) is 3.97. The van der Waals surface area contributed by atoms with Gasteiger partial charge in [0.1, 0.15) is 11.6 Å². The molecule has 120 valence electrons. The van der Waals surface area contributed by atoms with Gasteiger partial charge >= 0.3 is 0 Å². The van der Waals surface area contributed by atoms with Crippen LogP contribution in [0.4, 0.5) is 10.1 Å². The fourth-order valence-electron chi connectivity index (χ4n) is 2.27. The van der Waals surface area contributed by atoms with Gasteiger partial charge in [0.05, 0.1) is 11.9 Å². The van der Waals surface area contributed by atoms with E-state index < -0.39 is 0 Å². The van der Waals surface area contributed by atoms with Gasteiger partial charge in [-0.2, -0.15) is 0 Å². The maximum Gasteiger partial charge on any atom is 0.227 e. The summed E-state index contributed by atoms with van der Waals surface area (Å²) in [7, 11) is 0. The standard InChI is InChI=1S/C17H18FN3O2/c1-11(12-8-19-9-12)17(22)21-14-4-7-16(20-10-14)23-15-5-2-13(18)3-6-15/h2-7,10-12,19H,8-9H2,1H3,(H,21,22). The summed E-state index contributed by atoms with van der Waals surface area (Å²) in [5.74, 6) is 0.910. The van der Waals surface area contributed by atoms with Gasteiger partial charge in [0.2, 0.25) is 11.8 Å². The van der Waals surface area contributed by atoms with Crippen molar-refractivity contribution in [3.05, 3.63) is 48.4 Å². The van der Waals surface area contributed by atoms with Crippen molar-refractivity contribution in [3.8, 4) is 11.6 Å². The van der Waals surface area contributed by atoms with Gasteiger partial charge in [-0.15, -0.1) is 0 Å². The Hall–Kier alpha value is -2.47. The maximum atomic E-state index is 12.8. The first kappa shape index (κ1) is 15.4. The Morgan fingerprint density at radius 2 is 2.04 bits per heavy atom. The fraction of sp³-hybridized carbons (Fsp3) is 0.294. The summed E-state index contributed by atoms with van der Waals surface area (Å²) >= 11 is 0. The number of hydrogen-bond acceptors (Lipinski definition) is 4. The molecule has 1 saturated heterocycles. The van der Waals surface area contributed by atoms with E-state index in [0.717, 1.165) is 13.1 Å². The summed E-state index contributed by atoms with van der Waals surface area (Å²) in [5.41, 5.74) is 0.626. The molecule has 1 aliphatic heterocycles. The van der Waals surface area contributed by atoms with E-state index in [-0.39, 0.29) is 17.6 Å². The highest BCUT2D eigenvalue weighted by atomic mass is 19.1. The molecule has 1 aromatic heterocycles. The first-order valence-electron chi connectivity index (χ1n) is 7.53. The van der Waals surface area contributed by atoms with Gasteiger partial charge in [-0.25, -0.2) is 9.37 Å². The van der Waals surface area contributed by atoms with Gasteiger partial charge in [0.25, 0.3) is 0 Å². The Kier molecular flexibility index (Phi) is 4.52. The highest BCUT2D eigenvalue weighted by Crippen LogP contribution is 2.22. The Labute approximate surface area is 133 Å². The quantitative estimate of drug-likeness (QED) is 0.890. The smallest absolute Gasteiger partial charge is 0.227 e.